The standard InChI is InChI=1S/C14H27N3O2.ClH/c1-3-14(4-2,11-15)13(19)16-10-12(18)17-8-6-5-7-9-17;/h3-11,15H2,1-2H3,(H,16,19);1H. The first-order valence-corrected chi connectivity index (χ1v) is 7.35. The molecule has 0 aromatic rings. The minimum atomic E-state index is -0.526. The highest BCUT2D eigenvalue weighted by Crippen LogP contribution is 2.24. The Hall–Kier alpha value is -0.810. The van der Waals surface area contributed by atoms with Gasteiger partial charge in [-0.2, -0.15) is 0 Å². The number of likely N-dealkylation sites (tertiary alicyclic amines) is 1. The molecule has 0 aromatic heterocycles. The fourth-order valence-corrected chi connectivity index (χ4v) is 2.55. The van der Waals surface area contributed by atoms with Gasteiger partial charge in [-0.05, 0) is 32.1 Å². The second-order valence-electron chi connectivity index (χ2n) is 5.32. The predicted molar refractivity (Wildman–Crippen MR) is 82.8 cm³/mol. The van der Waals surface area contributed by atoms with Crippen LogP contribution in [-0.4, -0.2) is 42.9 Å². The van der Waals surface area contributed by atoms with Crippen molar-refractivity contribution in [1.29, 1.82) is 0 Å². The topological polar surface area (TPSA) is 75.4 Å². The van der Waals surface area contributed by atoms with Crippen LogP contribution in [0.2, 0.25) is 0 Å². The van der Waals surface area contributed by atoms with Crippen LogP contribution < -0.4 is 11.1 Å². The summed E-state index contributed by atoms with van der Waals surface area (Å²) in [7, 11) is 0. The Bertz CT molecular complexity index is 305. The molecule has 20 heavy (non-hydrogen) atoms. The quantitative estimate of drug-likeness (QED) is 0.777. The maximum absolute atomic E-state index is 12.2. The molecule has 0 unspecified atom stereocenters. The van der Waals surface area contributed by atoms with Gasteiger partial charge in [0.2, 0.25) is 11.8 Å². The Labute approximate surface area is 128 Å². The highest BCUT2D eigenvalue weighted by Gasteiger charge is 2.33. The molecule has 1 fully saturated rings. The van der Waals surface area contributed by atoms with E-state index in [0.717, 1.165) is 25.9 Å². The van der Waals surface area contributed by atoms with E-state index in [1.807, 2.05) is 18.7 Å². The van der Waals surface area contributed by atoms with Crippen molar-refractivity contribution < 1.29 is 9.59 Å². The monoisotopic (exact) mass is 305 g/mol. The number of amides is 2. The van der Waals surface area contributed by atoms with Crippen LogP contribution in [0, 0.1) is 5.41 Å². The number of carbonyl (C=O) groups excluding carboxylic acids is 2. The van der Waals surface area contributed by atoms with Crippen LogP contribution >= 0.6 is 12.4 Å². The first kappa shape index (κ1) is 19.2. The molecule has 0 aliphatic carbocycles. The molecule has 0 spiro atoms. The number of nitrogens with one attached hydrogen (secondary N) is 1. The lowest BCUT2D eigenvalue weighted by molar-refractivity contribution is -0.137. The van der Waals surface area contributed by atoms with Crippen molar-refractivity contribution in [3.05, 3.63) is 0 Å². The van der Waals surface area contributed by atoms with E-state index in [1.165, 1.54) is 6.42 Å². The van der Waals surface area contributed by atoms with Crippen molar-refractivity contribution >= 4 is 24.2 Å². The molecule has 0 atom stereocenters. The van der Waals surface area contributed by atoms with Gasteiger partial charge in [-0.15, -0.1) is 12.4 Å². The maximum atomic E-state index is 12.2. The van der Waals surface area contributed by atoms with Crippen LogP contribution in [0.25, 0.3) is 0 Å². The molecule has 0 saturated carbocycles. The number of nitrogens with zero attached hydrogens (tertiary/aromatic N) is 1. The number of hydrogen-bond acceptors (Lipinski definition) is 3. The van der Waals surface area contributed by atoms with Crippen LogP contribution in [0.5, 0.6) is 0 Å². The van der Waals surface area contributed by atoms with E-state index in [2.05, 4.69) is 5.32 Å². The molecule has 5 nitrogen and oxygen atoms in total. The number of hydrogen-bond donors (Lipinski definition) is 2. The first-order chi connectivity index (χ1) is 9.09. The Morgan fingerprint density at radius 3 is 2.15 bits per heavy atom. The zero-order chi connectivity index (χ0) is 14.3. The van der Waals surface area contributed by atoms with Crippen molar-refractivity contribution in [3.63, 3.8) is 0 Å². The van der Waals surface area contributed by atoms with Crippen molar-refractivity contribution in [1.82, 2.24) is 10.2 Å². The second-order valence-corrected chi connectivity index (χ2v) is 5.32. The van der Waals surface area contributed by atoms with Crippen LogP contribution in [0.1, 0.15) is 46.0 Å². The second kappa shape index (κ2) is 9.19. The summed E-state index contributed by atoms with van der Waals surface area (Å²) in [6.45, 7) is 5.98. The fourth-order valence-electron chi connectivity index (χ4n) is 2.55. The number of rotatable bonds is 6. The molecule has 0 bridgehead atoms. The Balaban J connectivity index is 0.00000361. The number of carbonyl (C=O) groups is 2. The molecule has 2 amide bonds. The summed E-state index contributed by atoms with van der Waals surface area (Å²) >= 11 is 0. The third kappa shape index (κ3) is 4.63. The van der Waals surface area contributed by atoms with E-state index in [0.29, 0.717) is 19.4 Å². The number of nitrogens with two attached hydrogens (primary N) is 1. The summed E-state index contributed by atoms with van der Waals surface area (Å²) in [5.41, 5.74) is 5.20. The lowest BCUT2D eigenvalue weighted by Crippen LogP contribution is -2.49. The largest absolute Gasteiger partial charge is 0.347 e. The van der Waals surface area contributed by atoms with Crippen LogP contribution in [0.15, 0.2) is 0 Å². The van der Waals surface area contributed by atoms with Crippen LogP contribution in [-0.2, 0) is 9.59 Å². The highest BCUT2D eigenvalue weighted by atomic mass is 35.5. The van der Waals surface area contributed by atoms with E-state index in [4.69, 9.17) is 5.73 Å². The zero-order valence-electron chi connectivity index (χ0n) is 12.6. The van der Waals surface area contributed by atoms with Gasteiger partial charge in [-0.25, -0.2) is 0 Å². The Kier molecular flexibility index (Phi) is 8.81. The predicted octanol–water partition coefficient (Wildman–Crippen LogP) is 1.30. The molecule has 3 N–H and O–H groups in total. The van der Waals surface area contributed by atoms with Crippen LogP contribution in [0.3, 0.4) is 0 Å². The van der Waals surface area contributed by atoms with Gasteiger partial charge in [0.25, 0.3) is 0 Å². The molecule has 1 saturated heterocycles. The average molecular weight is 306 g/mol. The lowest BCUT2D eigenvalue weighted by atomic mass is 9.81. The number of halogens is 1. The molecule has 1 aliphatic heterocycles. The third-order valence-electron chi connectivity index (χ3n) is 4.33. The van der Waals surface area contributed by atoms with Gasteiger partial charge >= 0.3 is 0 Å². The van der Waals surface area contributed by atoms with Gasteiger partial charge in [-0.1, -0.05) is 13.8 Å². The lowest BCUT2D eigenvalue weighted by Gasteiger charge is -2.30. The van der Waals surface area contributed by atoms with Gasteiger partial charge < -0.3 is 16.0 Å². The molecule has 1 aliphatic rings. The van der Waals surface area contributed by atoms with E-state index >= 15 is 0 Å². The van der Waals surface area contributed by atoms with E-state index < -0.39 is 5.41 Å². The molecule has 1 rings (SSSR count). The molecular formula is C14H28ClN3O2. The average Bonchev–Trinajstić information content (AvgIpc) is 2.48. The van der Waals surface area contributed by atoms with Crippen molar-refractivity contribution in [2.75, 3.05) is 26.2 Å². The fraction of sp³-hybridized carbons (Fsp3) is 0.857. The van der Waals surface area contributed by atoms with Crippen LogP contribution in [0.4, 0.5) is 0 Å². The van der Waals surface area contributed by atoms with Crippen molar-refractivity contribution in [2.24, 2.45) is 11.1 Å². The molecule has 0 radical (unpaired) electrons. The summed E-state index contributed by atoms with van der Waals surface area (Å²) < 4.78 is 0. The van der Waals surface area contributed by atoms with Gasteiger partial charge in [0, 0.05) is 19.6 Å². The van der Waals surface area contributed by atoms with Gasteiger partial charge in [0.05, 0.1) is 12.0 Å². The van der Waals surface area contributed by atoms with E-state index in [9.17, 15) is 9.59 Å². The highest BCUT2D eigenvalue weighted by molar-refractivity contribution is 5.88. The van der Waals surface area contributed by atoms with Gasteiger partial charge in [0.1, 0.15) is 0 Å². The molecule has 118 valence electrons. The Morgan fingerprint density at radius 2 is 1.70 bits per heavy atom. The van der Waals surface area contributed by atoms with E-state index in [1.54, 1.807) is 0 Å². The van der Waals surface area contributed by atoms with Gasteiger partial charge in [0.15, 0.2) is 0 Å². The van der Waals surface area contributed by atoms with E-state index in [-0.39, 0.29) is 30.8 Å². The van der Waals surface area contributed by atoms with Crippen molar-refractivity contribution in [3.8, 4) is 0 Å². The summed E-state index contributed by atoms with van der Waals surface area (Å²) in [6.07, 6.45) is 4.72. The normalized spacial score (nSPS) is 15.4. The summed E-state index contributed by atoms with van der Waals surface area (Å²) in [4.78, 5) is 26.0. The van der Waals surface area contributed by atoms with Crippen molar-refractivity contribution in [2.45, 2.75) is 46.0 Å². The SMILES string of the molecule is CCC(CC)(CN)C(=O)NCC(=O)N1CCCCC1.Cl. The zero-order valence-corrected chi connectivity index (χ0v) is 13.4. The Morgan fingerprint density at radius 1 is 1.15 bits per heavy atom. The minimum Gasteiger partial charge on any atom is -0.347 e. The summed E-state index contributed by atoms with van der Waals surface area (Å²) in [6, 6.07) is 0. The van der Waals surface area contributed by atoms with Gasteiger partial charge in [-0.3, -0.25) is 9.59 Å². The smallest absolute Gasteiger partial charge is 0.241 e. The maximum Gasteiger partial charge on any atom is 0.241 e. The molecule has 1 heterocycles. The molecular weight excluding hydrogens is 278 g/mol. The third-order valence-corrected chi connectivity index (χ3v) is 4.33. The molecule has 6 heteroatoms. The molecule has 0 aromatic carbocycles. The minimum absolute atomic E-state index is 0. The first-order valence-electron chi connectivity index (χ1n) is 7.35. The number of piperidine rings is 1. The summed E-state index contributed by atoms with van der Waals surface area (Å²) in [5, 5.41) is 2.76. The summed E-state index contributed by atoms with van der Waals surface area (Å²) in [5.74, 6) is -0.0727.